The van der Waals surface area contributed by atoms with Gasteiger partial charge in [0.25, 0.3) is 0 Å². The van der Waals surface area contributed by atoms with Gasteiger partial charge < -0.3 is 10.2 Å². The Balaban J connectivity index is 1.53. The van der Waals surface area contributed by atoms with E-state index in [0.717, 1.165) is 42.7 Å². The van der Waals surface area contributed by atoms with E-state index in [2.05, 4.69) is 59.2 Å². The molecule has 1 N–H and O–H groups in total. The molecule has 0 spiro atoms. The van der Waals surface area contributed by atoms with E-state index in [1.54, 1.807) is 6.33 Å². The van der Waals surface area contributed by atoms with Gasteiger partial charge >= 0.3 is 0 Å². The van der Waals surface area contributed by atoms with E-state index in [9.17, 15) is 4.79 Å². The van der Waals surface area contributed by atoms with Crippen LogP contribution in [0.15, 0.2) is 24.5 Å². The van der Waals surface area contributed by atoms with Crippen LogP contribution >= 0.6 is 0 Å². The summed E-state index contributed by atoms with van der Waals surface area (Å²) in [6, 6.07) is 6.64. The van der Waals surface area contributed by atoms with Crippen LogP contribution in [0.2, 0.25) is 0 Å². The van der Waals surface area contributed by atoms with Gasteiger partial charge in [-0.2, -0.15) is 0 Å². The Hall–Kier alpha value is -2.17. The number of benzene rings is 1. The van der Waals surface area contributed by atoms with Crippen LogP contribution in [-0.2, 0) is 4.79 Å². The topological polar surface area (TPSA) is 58.1 Å². The minimum absolute atomic E-state index is 0.187. The Morgan fingerprint density at radius 3 is 2.62 bits per heavy atom. The molecule has 1 unspecified atom stereocenters. The third-order valence-corrected chi connectivity index (χ3v) is 5.73. The smallest absolute Gasteiger partial charge is 0.228 e. The lowest BCUT2D eigenvalue weighted by atomic mass is 9.68. The van der Waals surface area contributed by atoms with Gasteiger partial charge in [0.2, 0.25) is 5.91 Å². The molecule has 2 aromatic rings. The molecule has 2 aliphatic rings. The van der Waals surface area contributed by atoms with Crippen LogP contribution < -0.4 is 10.2 Å². The lowest BCUT2D eigenvalue weighted by Gasteiger charge is -2.50. The van der Waals surface area contributed by atoms with Crippen molar-refractivity contribution < 1.29 is 4.79 Å². The summed E-state index contributed by atoms with van der Waals surface area (Å²) in [4.78, 5) is 23.0. The zero-order chi connectivity index (χ0) is 16.9. The van der Waals surface area contributed by atoms with Gasteiger partial charge in [-0.05, 0) is 51.7 Å². The van der Waals surface area contributed by atoms with Gasteiger partial charge in [-0.15, -0.1) is 0 Å². The first-order valence-corrected chi connectivity index (χ1v) is 8.74. The first-order valence-electron chi connectivity index (χ1n) is 8.74. The Kier molecular flexibility index (Phi) is 3.48. The monoisotopic (exact) mass is 324 g/mol. The summed E-state index contributed by atoms with van der Waals surface area (Å²) in [6.07, 6.45) is 3.84. The van der Waals surface area contributed by atoms with Crippen molar-refractivity contribution in [1.82, 2.24) is 15.3 Å². The number of rotatable bonds is 2. The number of aromatic nitrogens is 2. The van der Waals surface area contributed by atoms with E-state index < -0.39 is 0 Å². The van der Waals surface area contributed by atoms with Gasteiger partial charge in [-0.3, -0.25) is 4.79 Å². The predicted octanol–water partition coefficient (Wildman–Crippen LogP) is 2.68. The molecule has 1 atom stereocenters. The molecule has 3 heterocycles. The van der Waals surface area contributed by atoms with E-state index in [1.165, 1.54) is 5.56 Å². The molecule has 5 nitrogen and oxygen atoms in total. The summed E-state index contributed by atoms with van der Waals surface area (Å²) in [7, 11) is 0. The first-order chi connectivity index (χ1) is 11.5. The molecule has 5 heteroatoms. The molecule has 24 heavy (non-hydrogen) atoms. The Morgan fingerprint density at radius 2 is 1.96 bits per heavy atom. The maximum Gasteiger partial charge on any atom is 0.228 e. The van der Waals surface area contributed by atoms with Gasteiger partial charge in [0.05, 0.1) is 10.9 Å². The highest BCUT2D eigenvalue weighted by Gasteiger charge is 2.51. The second-order valence-electron chi connectivity index (χ2n) is 7.72. The minimum Gasteiger partial charge on any atom is -0.356 e. The maximum absolute atomic E-state index is 11.7. The fourth-order valence-corrected chi connectivity index (χ4v) is 4.13. The normalized spacial score (nSPS) is 23.9. The number of fused-ring (bicyclic) bond motifs is 1. The molecule has 1 aromatic carbocycles. The van der Waals surface area contributed by atoms with Crippen LogP contribution in [0.25, 0.3) is 10.9 Å². The van der Waals surface area contributed by atoms with Gasteiger partial charge in [0.1, 0.15) is 12.1 Å². The zero-order valence-corrected chi connectivity index (χ0v) is 14.5. The van der Waals surface area contributed by atoms with E-state index in [4.69, 9.17) is 0 Å². The average Bonchev–Trinajstić information content (AvgIpc) is 2.59. The number of carbonyl (C=O) groups excluding carboxylic acids is 1. The maximum atomic E-state index is 11.7. The summed E-state index contributed by atoms with van der Waals surface area (Å²) < 4.78 is 0. The van der Waals surface area contributed by atoms with Crippen molar-refractivity contribution in [2.75, 3.05) is 18.0 Å². The molecular formula is C19H24N4O. The number of anilines is 1. The summed E-state index contributed by atoms with van der Waals surface area (Å²) in [5.41, 5.74) is 2.01. The summed E-state index contributed by atoms with van der Waals surface area (Å²) >= 11 is 0. The number of β-lactam (4-membered cyclic amide) rings is 1. The second-order valence-corrected chi connectivity index (χ2v) is 7.72. The van der Waals surface area contributed by atoms with Crippen LogP contribution in [0.4, 0.5) is 5.82 Å². The summed E-state index contributed by atoms with van der Waals surface area (Å²) in [5.74, 6) is 1.79. The number of carbonyl (C=O) groups is 1. The number of hydrogen-bond donors (Lipinski definition) is 1. The minimum atomic E-state index is -0.217. The third-order valence-electron chi connectivity index (χ3n) is 5.73. The van der Waals surface area contributed by atoms with Crippen molar-refractivity contribution in [1.29, 1.82) is 0 Å². The fraction of sp³-hybridized carbons (Fsp3) is 0.526. The molecule has 0 radical (unpaired) electrons. The highest BCUT2D eigenvalue weighted by atomic mass is 16.2. The standard InChI is InChI=1S/C19H24N4O/c1-12-4-5-15-14(10-12)17(21-11-20-15)23-8-6-13(7-9-23)16-19(2,3)18(24)22-16/h4-5,10-11,13,16H,6-9H2,1-3H3,(H,22,24). The zero-order valence-electron chi connectivity index (χ0n) is 14.5. The van der Waals surface area contributed by atoms with Crippen molar-refractivity contribution in [2.24, 2.45) is 11.3 Å². The first kappa shape index (κ1) is 15.4. The van der Waals surface area contributed by atoms with Crippen LogP contribution in [0.1, 0.15) is 32.3 Å². The summed E-state index contributed by atoms with van der Waals surface area (Å²) in [6.45, 7) is 8.18. The van der Waals surface area contributed by atoms with Crippen LogP contribution in [0.5, 0.6) is 0 Å². The molecule has 1 aromatic heterocycles. The van der Waals surface area contributed by atoms with Crippen molar-refractivity contribution >= 4 is 22.6 Å². The molecule has 0 bridgehead atoms. The van der Waals surface area contributed by atoms with Gasteiger partial charge in [0, 0.05) is 24.5 Å². The number of amides is 1. The van der Waals surface area contributed by atoms with Crippen LogP contribution in [0, 0.1) is 18.3 Å². The molecule has 2 saturated heterocycles. The number of piperidine rings is 1. The average molecular weight is 324 g/mol. The molecule has 4 rings (SSSR count). The highest BCUT2D eigenvalue weighted by Crippen LogP contribution is 2.39. The van der Waals surface area contributed by atoms with Crippen molar-refractivity contribution in [3.8, 4) is 0 Å². The Bertz CT molecular complexity index is 793. The van der Waals surface area contributed by atoms with Gasteiger partial charge in [-0.1, -0.05) is 11.6 Å². The molecule has 0 aliphatic carbocycles. The predicted molar refractivity (Wildman–Crippen MR) is 94.9 cm³/mol. The van der Waals surface area contributed by atoms with Crippen LogP contribution in [-0.4, -0.2) is 35.0 Å². The number of nitrogens with one attached hydrogen (secondary N) is 1. The Labute approximate surface area is 142 Å². The lowest BCUT2D eigenvalue weighted by Crippen LogP contribution is -2.67. The van der Waals surface area contributed by atoms with Gasteiger partial charge in [0.15, 0.2) is 0 Å². The van der Waals surface area contributed by atoms with E-state index >= 15 is 0 Å². The lowest BCUT2D eigenvalue weighted by molar-refractivity contribution is -0.145. The van der Waals surface area contributed by atoms with E-state index in [1.807, 2.05) is 0 Å². The molecule has 2 fully saturated rings. The molecule has 0 saturated carbocycles. The van der Waals surface area contributed by atoms with Crippen molar-refractivity contribution in [2.45, 2.75) is 39.7 Å². The third kappa shape index (κ3) is 2.34. The van der Waals surface area contributed by atoms with E-state index in [0.29, 0.717) is 12.0 Å². The van der Waals surface area contributed by atoms with Crippen molar-refractivity contribution in [3.63, 3.8) is 0 Å². The molecular weight excluding hydrogens is 300 g/mol. The van der Waals surface area contributed by atoms with Crippen LogP contribution in [0.3, 0.4) is 0 Å². The second kappa shape index (κ2) is 5.43. The number of nitrogens with zero attached hydrogens (tertiary/aromatic N) is 3. The Morgan fingerprint density at radius 1 is 1.21 bits per heavy atom. The largest absolute Gasteiger partial charge is 0.356 e. The SMILES string of the molecule is Cc1ccc2ncnc(N3CCC(C4NC(=O)C4(C)C)CC3)c2c1. The highest BCUT2D eigenvalue weighted by molar-refractivity contribution is 5.90. The molecule has 126 valence electrons. The summed E-state index contributed by atoms with van der Waals surface area (Å²) in [5, 5.41) is 4.24. The fourth-order valence-electron chi connectivity index (χ4n) is 4.13. The number of aryl methyl sites for hydroxylation is 1. The number of hydrogen-bond acceptors (Lipinski definition) is 4. The quantitative estimate of drug-likeness (QED) is 0.863. The molecule has 2 aliphatic heterocycles. The van der Waals surface area contributed by atoms with Crippen molar-refractivity contribution in [3.05, 3.63) is 30.1 Å². The van der Waals surface area contributed by atoms with Gasteiger partial charge in [-0.25, -0.2) is 9.97 Å². The van der Waals surface area contributed by atoms with E-state index in [-0.39, 0.29) is 11.3 Å². The molecule has 1 amide bonds.